The molecular formula is C40H50O8. The molecule has 0 radical (unpaired) electrons. The number of fused-ring (bicyclic) bond motifs is 4. The van der Waals surface area contributed by atoms with E-state index in [0.29, 0.717) is 23.7 Å². The monoisotopic (exact) mass is 658 g/mol. The predicted octanol–water partition coefficient (Wildman–Crippen LogP) is 8.75. The summed E-state index contributed by atoms with van der Waals surface area (Å²) in [6.07, 6.45) is 15.5. The number of hydrogen-bond acceptors (Lipinski definition) is 8. The summed E-state index contributed by atoms with van der Waals surface area (Å²) in [5, 5.41) is 0. The van der Waals surface area contributed by atoms with Crippen LogP contribution in [0, 0.1) is 35.5 Å². The Morgan fingerprint density at radius 3 is 1.52 bits per heavy atom. The van der Waals surface area contributed by atoms with Crippen LogP contribution in [0.4, 0.5) is 0 Å². The quantitative estimate of drug-likeness (QED) is 0.298. The predicted molar refractivity (Wildman–Crippen MR) is 178 cm³/mol. The highest BCUT2D eigenvalue weighted by atomic mass is 17.3. The van der Waals surface area contributed by atoms with Crippen LogP contribution in [0.2, 0.25) is 0 Å². The van der Waals surface area contributed by atoms with Crippen molar-refractivity contribution in [2.45, 2.75) is 128 Å². The van der Waals surface area contributed by atoms with Crippen LogP contribution in [0.3, 0.4) is 0 Å². The van der Waals surface area contributed by atoms with Crippen LogP contribution in [0.1, 0.15) is 104 Å². The first-order valence-electron chi connectivity index (χ1n) is 18.3. The Kier molecular flexibility index (Phi) is 7.23. The first-order valence-corrected chi connectivity index (χ1v) is 18.3. The fourth-order valence-corrected chi connectivity index (χ4v) is 10.7. The minimum Gasteiger partial charge on any atom is -0.462 e. The molecule has 1 aromatic rings. The van der Waals surface area contributed by atoms with Crippen LogP contribution in [0.15, 0.2) is 59.1 Å². The molecule has 4 bridgehead atoms. The first kappa shape index (κ1) is 31.5. The lowest BCUT2D eigenvalue weighted by Crippen LogP contribution is -2.66. The lowest BCUT2D eigenvalue weighted by molar-refractivity contribution is -0.556. The van der Waals surface area contributed by atoms with Gasteiger partial charge in [-0.1, -0.05) is 44.2 Å². The van der Waals surface area contributed by atoms with E-state index in [1.807, 2.05) is 13.8 Å². The van der Waals surface area contributed by atoms with Gasteiger partial charge in [-0.3, -0.25) is 0 Å². The maximum absolute atomic E-state index is 6.67. The van der Waals surface area contributed by atoms with E-state index in [9.17, 15) is 0 Å². The number of allylic oxidation sites excluding steroid dienone is 2. The van der Waals surface area contributed by atoms with Crippen molar-refractivity contribution in [1.29, 1.82) is 0 Å². The van der Waals surface area contributed by atoms with Crippen molar-refractivity contribution in [2.24, 2.45) is 35.5 Å². The fraction of sp³-hybridized carbons (Fsp3) is 0.650. The zero-order valence-electron chi connectivity index (χ0n) is 29.2. The van der Waals surface area contributed by atoms with Crippen molar-refractivity contribution in [3.63, 3.8) is 0 Å². The number of ether oxygens (including phenoxy) is 4. The van der Waals surface area contributed by atoms with E-state index in [-0.39, 0.29) is 11.8 Å². The van der Waals surface area contributed by atoms with Gasteiger partial charge in [0.15, 0.2) is 11.2 Å². The van der Waals surface area contributed by atoms with E-state index in [2.05, 4.69) is 76.3 Å². The van der Waals surface area contributed by atoms with Crippen molar-refractivity contribution in [3.05, 3.63) is 70.2 Å². The van der Waals surface area contributed by atoms with Crippen LogP contribution in [-0.2, 0) is 38.5 Å². The number of benzene rings is 1. The molecule has 8 aliphatic heterocycles. The standard InChI is InChI=1S/C40H50O8/c1-23-10-14-31-25(3)33(41-35-39(31)29(23)18-20-37(5,43-35)45-47-39)16-12-27-8-7-9-28(22-27)13-17-34-26(4)32-15-11-24(2)30-19-21-38(6)44-36(42-34)40(30,32)48-46-38/h7-9,12-13,16-17,22-24,29-32,35-36H,10-11,14-15,18-21H2,1-6H3/b16-12-,17-13+/t23-,24-,29+,30+,31+,32+,35-,36-,37-,38-,39-,40-/m1/s1. The van der Waals surface area contributed by atoms with E-state index in [1.54, 1.807) is 0 Å². The molecule has 12 atom stereocenters. The summed E-state index contributed by atoms with van der Waals surface area (Å²) in [6.45, 7) is 13.0. The highest BCUT2D eigenvalue weighted by Crippen LogP contribution is 2.62. The van der Waals surface area contributed by atoms with Crippen LogP contribution in [0.25, 0.3) is 12.2 Å². The molecule has 0 N–H and O–H groups in total. The third-order valence-electron chi connectivity index (χ3n) is 13.5. The van der Waals surface area contributed by atoms with Crippen molar-refractivity contribution in [1.82, 2.24) is 0 Å². The lowest BCUT2D eigenvalue weighted by Gasteiger charge is -2.57. The second-order valence-electron chi connectivity index (χ2n) is 16.4. The Bertz CT molecular complexity index is 1500. The van der Waals surface area contributed by atoms with Gasteiger partial charge in [0.1, 0.15) is 11.5 Å². The van der Waals surface area contributed by atoms with Crippen molar-refractivity contribution < 1.29 is 38.5 Å². The van der Waals surface area contributed by atoms with Crippen LogP contribution < -0.4 is 0 Å². The molecule has 258 valence electrons. The van der Waals surface area contributed by atoms with Gasteiger partial charge in [0.25, 0.3) is 0 Å². The molecular weight excluding hydrogens is 608 g/mol. The van der Waals surface area contributed by atoms with E-state index in [0.717, 1.165) is 61.2 Å². The molecule has 10 aliphatic rings. The average molecular weight is 659 g/mol. The fourth-order valence-electron chi connectivity index (χ4n) is 10.7. The Morgan fingerprint density at radius 2 is 1.06 bits per heavy atom. The van der Waals surface area contributed by atoms with Gasteiger partial charge >= 0.3 is 0 Å². The van der Waals surface area contributed by atoms with Gasteiger partial charge in [0, 0.05) is 36.5 Å². The van der Waals surface area contributed by atoms with E-state index in [4.69, 9.17) is 38.5 Å². The normalized spacial score (nSPS) is 47.8. The minimum atomic E-state index is -0.785. The molecule has 1 aromatic carbocycles. The Labute approximate surface area is 284 Å². The van der Waals surface area contributed by atoms with Gasteiger partial charge in [0.05, 0.1) is 0 Å². The molecule has 8 heteroatoms. The SMILES string of the molecule is CC1=C(/C=C\c2cccc(/C=C/C3=C(C)[C@@H]4CC[C@@H](C)[C@@H]5CC[C@@]6(C)OO[C@@]45[C@H](O3)O6)c2)O[C@@H]2O[C@@]3(C)CC[C@H]4[C@H](C)CC[C@@H]1[C@@]24OO3. The van der Waals surface area contributed by atoms with Crippen molar-refractivity contribution in [2.75, 3.05) is 0 Å². The smallest absolute Gasteiger partial charge is 0.235 e. The highest BCUT2D eigenvalue weighted by Gasteiger charge is 2.69. The molecule has 2 spiro atoms. The molecule has 8 nitrogen and oxygen atoms in total. The van der Waals surface area contributed by atoms with Crippen LogP contribution in [0.5, 0.6) is 0 Å². The summed E-state index contributed by atoms with van der Waals surface area (Å²) in [7, 11) is 0. The molecule has 2 saturated carbocycles. The van der Waals surface area contributed by atoms with Gasteiger partial charge in [-0.2, -0.15) is 0 Å². The lowest BCUT2D eigenvalue weighted by atomic mass is 9.59. The van der Waals surface area contributed by atoms with Crippen LogP contribution >= 0.6 is 0 Å². The van der Waals surface area contributed by atoms with E-state index >= 15 is 0 Å². The van der Waals surface area contributed by atoms with Crippen LogP contribution in [-0.4, -0.2) is 35.4 Å². The summed E-state index contributed by atoms with van der Waals surface area (Å²) in [5.74, 6) is 2.28. The van der Waals surface area contributed by atoms with Crippen molar-refractivity contribution in [3.8, 4) is 0 Å². The van der Waals surface area contributed by atoms with E-state index in [1.165, 1.54) is 24.0 Å². The maximum atomic E-state index is 6.67. The zero-order valence-corrected chi connectivity index (χ0v) is 29.2. The molecule has 48 heavy (non-hydrogen) atoms. The van der Waals surface area contributed by atoms with Gasteiger partial charge in [-0.15, -0.1) is 0 Å². The maximum Gasteiger partial charge on any atom is 0.235 e. The average Bonchev–Trinajstić information content (AvgIpc) is 3.45. The summed E-state index contributed by atoms with van der Waals surface area (Å²) in [5.41, 5.74) is 3.41. The summed E-state index contributed by atoms with van der Waals surface area (Å²) in [4.78, 5) is 24.5. The minimum absolute atomic E-state index is 0.190. The third-order valence-corrected chi connectivity index (χ3v) is 13.5. The zero-order chi connectivity index (χ0) is 33.1. The molecule has 11 rings (SSSR count). The Morgan fingerprint density at radius 1 is 0.604 bits per heavy atom. The first-order chi connectivity index (χ1) is 23.0. The molecule has 0 amide bonds. The van der Waals surface area contributed by atoms with Gasteiger partial charge in [0.2, 0.25) is 24.2 Å². The molecule has 0 unspecified atom stereocenters. The van der Waals surface area contributed by atoms with Gasteiger partial charge in [-0.25, -0.2) is 19.6 Å². The molecule has 6 saturated heterocycles. The largest absolute Gasteiger partial charge is 0.462 e. The second kappa shape index (κ2) is 11.0. The van der Waals surface area contributed by atoms with Crippen molar-refractivity contribution >= 4 is 12.2 Å². The number of hydrogen-bond donors (Lipinski definition) is 0. The Hall–Kier alpha value is -2.46. The highest BCUT2D eigenvalue weighted by molar-refractivity contribution is 5.60. The molecule has 8 heterocycles. The van der Waals surface area contributed by atoms with Gasteiger partial charge < -0.3 is 18.9 Å². The molecule has 2 aliphatic carbocycles. The summed E-state index contributed by atoms with van der Waals surface area (Å²) >= 11 is 0. The second-order valence-corrected chi connectivity index (χ2v) is 16.4. The van der Waals surface area contributed by atoms with Gasteiger partial charge in [-0.05, 0) is 119 Å². The Balaban J connectivity index is 0.973. The molecule has 8 fully saturated rings. The summed E-state index contributed by atoms with van der Waals surface area (Å²) in [6, 6.07) is 8.52. The van der Waals surface area contributed by atoms with E-state index < -0.39 is 35.4 Å². The third kappa shape index (κ3) is 4.55. The topological polar surface area (TPSA) is 73.8 Å². The summed E-state index contributed by atoms with van der Waals surface area (Å²) < 4.78 is 26.4. The number of rotatable bonds is 4. The molecule has 0 aromatic heterocycles.